The summed E-state index contributed by atoms with van der Waals surface area (Å²) in [5.74, 6) is 1.67. The molecular formula is C19H23N3O3. The number of pyridine rings is 1. The smallest absolute Gasteiger partial charge is 0.315 e. The van der Waals surface area contributed by atoms with Crippen molar-refractivity contribution >= 4 is 6.03 Å². The van der Waals surface area contributed by atoms with Crippen molar-refractivity contribution in [3.63, 3.8) is 0 Å². The van der Waals surface area contributed by atoms with E-state index in [1.54, 1.807) is 6.20 Å². The molecular weight excluding hydrogens is 318 g/mol. The Kier molecular flexibility index (Phi) is 5.38. The second kappa shape index (κ2) is 7.88. The molecule has 3 rings (SSSR count). The predicted octanol–water partition coefficient (Wildman–Crippen LogP) is 2.80. The quantitative estimate of drug-likeness (QED) is 0.847. The van der Waals surface area contributed by atoms with Gasteiger partial charge in [0.1, 0.15) is 17.6 Å². The number of aromatic nitrogens is 1. The Bertz CT molecular complexity index is 734. The average molecular weight is 341 g/mol. The van der Waals surface area contributed by atoms with E-state index in [1.807, 2.05) is 44.2 Å². The number of hydrogen-bond donors (Lipinski definition) is 2. The molecule has 0 saturated carbocycles. The summed E-state index contributed by atoms with van der Waals surface area (Å²) < 4.78 is 11.5. The molecule has 132 valence electrons. The molecule has 2 N–H and O–H groups in total. The molecule has 1 aliphatic rings. The first kappa shape index (κ1) is 17.1. The van der Waals surface area contributed by atoms with E-state index in [4.69, 9.17) is 9.47 Å². The Balaban J connectivity index is 1.60. The number of rotatable bonds is 6. The van der Waals surface area contributed by atoms with E-state index < -0.39 is 0 Å². The van der Waals surface area contributed by atoms with Crippen molar-refractivity contribution in [1.82, 2.24) is 15.6 Å². The van der Waals surface area contributed by atoms with Crippen molar-refractivity contribution in [2.45, 2.75) is 39.5 Å². The number of nitrogens with zero attached hydrogens (tertiary/aromatic N) is 1. The molecule has 0 bridgehead atoms. The summed E-state index contributed by atoms with van der Waals surface area (Å²) in [5.41, 5.74) is 2.87. The normalized spacial score (nSPS) is 15.2. The number of benzene rings is 1. The standard InChI is InChI=1S/C19H23N3O3/c1-3-24-17-9-14-8-13(2)25-18(14)10-15(17)11-21-19(23)22-12-16-6-4-5-7-20-16/h4-7,9-10,13H,3,8,11-12H2,1-2H3,(H2,21,22,23). The lowest BCUT2D eigenvalue weighted by atomic mass is 10.1. The fraction of sp³-hybridized carbons (Fsp3) is 0.368. The molecule has 6 nitrogen and oxygen atoms in total. The van der Waals surface area contributed by atoms with E-state index in [0.717, 1.165) is 34.7 Å². The van der Waals surface area contributed by atoms with Crippen LogP contribution in [0.2, 0.25) is 0 Å². The van der Waals surface area contributed by atoms with Gasteiger partial charge in [-0.1, -0.05) is 6.07 Å². The van der Waals surface area contributed by atoms with Crippen molar-refractivity contribution in [1.29, 1.82) is 0 Å². The largest absolute Gasteiger partial charge is 0.494 e. The van der Waals surface area contributed by atoms with Crippen LogP contribution in [0.3, 0.4) is 0 Å². The van der Waals surface area contributed by atoms with Gasteiger partial charge in [0, 0.05) is 30.3 Å². The number of hydrogen-bond acceptors (Lipinski definition) is 4. The number of nitrogens with one attached hydrogen (secondary N) is 2. The topological polar surface area (TPSA) is 72.5 Å². The molecule has 1 atom stereocenters. The molecule has 0 fully saturated rings. The summed E-state index contributed by atoms with van der Waals surface area (Å²) in [6, 6.07) is 9.33. The molecule has 2 aromatic rings. The van der Waals surface area contributed by atoms with Gasteiger partial charge in [0.15, 0.2) is 0 Å². The maximum atomic E-state index is 12.0. The van der Waals surface area contributed by atoms with Crippen LogP contribution in [0.4, 0.5) is 4.79 Å². The van der Waals surface area contributed by atoms with Crippen molar-refractivity contribution in [3.8, 4) is 11.5 Å². The number of ether oxygens (including phenoxy) is 2. The molecule has 1 unspecified atom stereocenters. The molecule has 0 spiro atoms. The first-order valence-electron chi connectivity index (χ1n) is 8.52. The van der Waals surface area contributed by atoms with E-state index in [-0.39, 0.29) is 12.1 Å². The molecule has 6 heteroatoms. The van der Waals surface area contributed by atoms with Crippen molar-refractivity contribution in [2.75, 3.05) is 6.61 Å². The summed E-state index contributed by atoms with van der Waals surface area (Å²) in [4.78, 5) is 16.2. The molecule has 1 aromatic heterocycles. The van der Waals surface area contributed by atoms with Crippen LogP contribution in [-0.4, -0.2) is 23.7 Å². The SMILES string of the molecule is CCOc1cc2c(cc1CNC(=O)NCc1ccccn1)OC(C)C2. The zero-order valence-electron chi connectivity index (χ0n) is 14.5. The lowest BCUT2D eigenvalue weighted by Crippen LogP contribution is -2.34. The highest BCUT2D eigenvalue weighted by Gasteiger charge is 2.22. The third-order valence-electron chi connectivity index (χ3n) is 3.97. The maximum Gasteiger partial charge on any atom is 0.315 e. The molecule has 25 heavy (non-hydrogen) atoms. The Morgan fingerprint density at radius 2 is 2.16 bits per heavy atom. The fourth-order valence-electron chi connectivity index (χ4n) is 2.82. The Morgan fingerprint density at radius 1 is 1.32 bits per heavy atom. The number of carbonyl (C=O) groups excluding carboxylic acids is 1. The van der Waals surface area contributed by atoms with Crippen LogP contribution < -0.4 is 20.1 Å². The van der Waals surface area contributed by atoms with Gasteiger partial charge in [0.25, 0.3) is 0 Å². The number of carbonyl (C=O) groups is 1. The van der Waals surface area contributed by atoms with E-state index in [0.29, 0.717) is 19.7 Å². The minimum Gasteiger partial charge on any atom is -0.494 e. The maximum absolute atomic E-state index is 12.0. The van der Waals surface area contributed by atoms with Gasteiger partial charge in [-0.3, -0.25) is 4.98 Å². The molecule has 0 saturated heterocycles. The van der Waals surface area contributed by atoms with Crippen LogP contribution >= 0.6 is 0 Å². The summed E-state index contributed by atoms with van der Waals surface area (Å²) in [6.45, 7) is 5.32. The Morgan fingerprint density at radius 3 is 2.92 bits per heavy atom. The zero-order valence-corrected chi connectivity index (χ0v) is 14.5. The number of amides is 2. The first-order chi connectivity index (χ1) is 12.2. The lowest BCUT2D eigenvalue weighted by Gasteiger charge is -2.13. The summed E-state index contributed by atoms with van der Waals surface area (Å²) in [6.07, 6.45) is 2.76. The van der Waals surface area contributed by atoms with Gasteiger partial charge in [-0.25, -0.2) is 4.79 Å². The van der Waals surface area contributed by atoms with Crippen LogP contribution in [0.25, 0.3) is 0 Å². The van der Waals surface area contributed by atoms with E-state index in [1.165, 1.54) is 0 Å². The highest BCUT2D eigenvalue weighted by atomic mass is 16.5. The summed E-state index contributed by atoms with van der Waals surface area (Å²) in [5, 5.41) is 5.65. The summed E-state index contributed by atoms with van der Waals surface area (Å²) in [7, 11) is 0. The Labute approximate surface area is 147 Å². The van der Waals surface area contributed by atoms with Gasteiger partial charge in [-0.15, -0.1) is 0 Å². The highest BCUT2D eigenvalue weighted by molar-refractivity contribution is 5.73. The third kappa shape index (κ3) is 4.41. The van der Waals surface area contributed by atoms with Gasteiger partial charge in [-0.2, -0.15) is 0 Å². The first-order valence-corrected chi connectivity index (χ1v) is 8.52. The van der Waals surface area contributed by atoms with Crippen molar-refractivity contribution < 1.29 is 14.3 Å². The molecule has 2 heterocycles. The van der Waals surface area contributed by atoms with Gasteiger partial charge in [0.2, 0.25) is 0 Å². The van der Waals surface area contributed by atoms with Crippen LogP contribution in [0.5, 0.6) is 11.5 Å². The van der Waals surface area contributed by atoms with Crippen LogP contribution in [0.1, 0.15) is 30.7 Å². The average Bonchev–Trinajstić information content (AvgIpc) is 2.98. The van der Waals surface area contributed by atoms with Crippen molar-refractivity contribution in [2.24, 2.45) is 0 Å². The van der Waals surface area contributed by atoms with Gasteiger partial charge >= 0.3 is 6.03 Å². The van der Waals surface area contributed by atoms with E-state index >= 15 is 0 Å². The van der Waals surface area contributed by atoms with Gasteiger partial charge in [-0.05, 0) is 38.1 Å². The lowest BCUT2D eigenvalue weighted by molar-refractivity contribution is 0.239. The van der Waals surface area contributed by atoms with Crippen LogP contribution in [-0.2, 0) is 19.5 Å². The van der Waals surface area contributed by atoms with Gasteiger partial charge in [0.05, 0.1) is 18.8 Å². The monoisotopic (exact) mass is 341 g/mol. The minimum atomic E-state index is -0.247. The van der Waals surface area contributed by atoms with E-state index in [9.17, 15) is 4.79 Å². The second-order valence-corrected chi connectivity index (χ2v) is 5.99. The van der Waals surface area contributed by atoms with Crippen LogP contribution in [0, 0.1) is 0 Å². The molecule has 0 aliphatic carbocycles. The second-order valence-electron chi connectivity index (χ2n) is 5.99. The number of urea groups is 1. The van der Waals surface area contributed by atoms with Gasteiger partial charge < -0.3 is 20.1 Å². The zero-order chi connectivity index (χ0) is 17.6. The van der Waals surface area contributed by atoms with Crippen LogP contribution in [0.15, 0.2) is 36.5 Å². The Hall–Kier alpha value is -2.76. The number of fused-ring (bicyclic) bond motifs is 1. The molecule has 1 aromatic carbocycles. The third-order valence-corrected chi connectivity index (χ3v) is 3.97. The van der Waals surface area contributed by atoms with Crippen molar-refractivity contribution in [3.05, 3.63) is 53.3 Å². The minimum absolute atomic E-state index is 0.175. The fourth-order valence-corrected chi connectivity index (χ4v) is 2.82. The predicted molar refractivity (Wildman–Crippen MR) is 94.7 cm³/mol. The molecule has 0 radical (unpaired) electrons. The molecule has 1 aliphatic heterocycles. The highest BCUT2D eigenvalue weighted by Crippen LogP contribution is 2.35. The summed E-state index contributed by atoms with van der Waals surface area (Å²) >= 11 is 0. The van der Waals surface area contributed by atoms with E-state index in [2.05, 4.69) is 15.6 Å². The molecule has 2 amide bonds.